The van der Waals surface area contributed by atoms with E-state index in [0.717, 1.165) is 65.3 Å². The second kappa shape index (κ2) is 10.4. The fourth-order valence-electron chi connectivity index (χ4n) is 5.69. The highest BCUT2D eigenvalue weighted by atomic mass is 35.5. The number of anilines is 2. The lowest BCUT2D eigenvalue weighted by atomic mass is 9.97. The number of para-hydroxylation sites is 1. The van der Waals surface area contributed by atoms with Crippen molar-refractivity contribution < 1.29 is 0 Å². The van der Waals surface area contributed by atoms with Gasteiger partial charge in [-0.05, 0) is 49.9 Å². The average molecular weight is 540 g/mol. The van der Waals surface area contributed by atoms with Crippen molar-refractivity contribution in [2.45, 2.75) is 59.5 Å². The first-order chi connectivity index (χ1) is 19.0. The number of H-pyrrole nitrogens is 1. The van der Waals surface area contributed by atoms with Crippen LogP contribution in [0.2, 0.25) is 5.02 Å². The molecule has 1 aliphatic heterocycles. The molecule has 4 heterocycles. The third kappa shape index (κ3) is 4.55. The van der Waals surface area contributed by atoms with Crippen molar-refractivity contribution in [3.8, 4) is 16.9 Å². The molecule has 0 aliphatic carbocycles. The van der Waals surface area contributed by atoms with Crippen LogP contribution in [0.5, 0.6) is 0 Å². The minimum absolute atomic E-state index is 0.328. The third-order valence-electron chi connectivity index (χ3n) is 7.51. The summed E-state index contributed by atoms with van der Waals surface area (Å²) in [4.78, 5) is 15.0. The number of nitrogens with one attached hydrogen (secondary N) is 2. The number of hydrogen-bond donors (Lipinski definition) is 2. The zero-order valence-corrected chi connectivity index (χ0v) is 23.7. The van der Waals surface area contributed by atoms with E-state index in [0.29, 0.717) is 17.6 Å². The first kappa shape index (κ1) is 25.4. The van der Waals surface area contributed by atoms with E-state index in [9.17, 15) is 0 Å². The lowest BCUT2D eigenvalue weighted by Crippen LogP contribution is -2.31. The Labute approximate surface area is 234 Å². The molecule has 8 heteroatoms. The minimum atomic E-state index is 0.328. The summed E-state index contributed by atoms with van der Waals surface area (Å²) in [6.45, 7) is 10.1. The molecule has 6 rings (SSSR count). The molecule has 0 atom stereocenters. The van der Waals surface area contributed by atoms with Crippen LogP contribution in [0.1, 0.15) is 50.1 Å². The van der Waals surface area contributed by atoms with Crippen molar-refractivity contribution in [3.05, 3.63) is 82.4 Å². The van der Waals surface area contributed by atoms with Gasteiger partial charge < -0.3 is 15.2 Å². The van der Waals surface area contributed by atoms with Crippen molar-refractivity contribution in [3.63, 3.8) is 0 Å². The first-order valence-corrected chi connectivity index (χ1v) is 14.2. The molecule has 0 bridgehead atoms. The highest BCUT2D eigenvalue weighted by Gasteiger charge is 2.29. The number of aryl methyl sites for hydroxylation is 2. The molecule has 3 aromatic heterocycles. The SMILES string of the molecule is CCc1cccc(CC)c1-n1nc2c(c1-c1ccc(Cl)c3[nH]ccc13)CN(c1ncc(NC(C)C)cn1)CC2. The Hall–Kier alpha value is -3.84. The number of rotatable bonds is 7. The lowest BCUT2D eigenvalue weighted by molar-refractivity contribution is 0.694. The lowest BCUT2D eigenvalue weighted by Gasteiger charge is -2.27. The smallest absolute Gasteiger partial charge is 0.225 e. The van der Waals surface area contributed by atoms with E-state index in [1.807, 2.05) is 24.7 Å². The molecule has 1 aliphatic rings. The van der Waals surface area contributed by atoms with Crippen LogP contribution in [0.15, 0.2) is 55.0 Å². The predicted molar refractivity (Wildman–Crippen MR) is 160 cm³/mol. The van der Waals surface area contributed by atoms with Gasteiger partial charge in [0, 0.05) is 48.3 Å². The molecule has 0 spiro atoms. The summed E-state index contributed by atoms with van der Waals surface area (Å²) < 4.78 is 2.21. The Morgan fingerprint density at radius 1 is 1.03 bits per heavy atom. The molecule has 5 aromatic rings. The van der Waals surface area contributed by atoms with Crippen LogP contribution in [0.4, 0.5) is 11.6 Å². The molecule has 0 amide bonds. The highest BCUT2D eigenvalue weighted by molar-refractivity contribution is 6.35. The van der Waals surface area contributed by atoms with E-state index in [1.54, 1.807) is 0 Å². The molecule has 7 nitrogen and oxygen atoms in total. The van der Waals surface area contributed by atoms with Gasteiger partial charge in [0.2, 0.25) is 5.95 Å². The standard InChI is InChI=1S/C31H34ClN7/c1-5-20-8-7-9-21(6-2)29(20)39-30(24-10-11-26(32)28-23(24)12-14-33-28)25-18-38(15-13-27(25)37-39)31-34-16-22(17-35-31)36-19(3)4/h7-12,14,16-17,19,33,36H,5-6,13,15,18H2,1-4H3. The molecule has 0 unspecified atom stereocenters. The Bertz CT molecular complexity index is 1610. The summed E-state index contributed by atoms with van der Waals surface area (Å²) in [5.41, 5.74) is 10.2. The van der Waals surface area contributed by atoms with Crippen LogP contribution in [-0.4, -0.2) is 37.3 Å². The van der Waals surface area contributed by atoms with Crippen LogP contribution in [0, 0.1) is 0 Å². The van der Waals surface area contributed by atoms with Gasteiger partial charge in [-0.3, -0.25) is 0 Å². The fraction of sp³-hybridized carbons (Fsp3) is 0.323. The van der Waals surface area contributed by atoms with Crippen LogP contribution >= 0.6 is 11.6 Å². The molecular formula is C31H34ClN7. The largest absolute Gasteiger partial charge is 0.380 e. The Balaban J connectivity index is 1.53. The average Bonchev–Trinajstić information content (AvgIpc) is 3.59. The number of aromatic nitrogens is 5. The maximum atomic E-state index is 6.59. The van der Waals surface area contributed by atoms with Crippen molar-refractivity contribution >= 4 is 34.1 Å². The summed E-state index contributed by atoms with van der Waals surface area (Å²) >= 11 is 6.59. The predicted octanol–water partition coefficient (Wildman–Crippen LogP) is 6.97. The van der Waals surface area contributed by atoms with Crippen molar-refractivity contribution in [2.75, 3.05) is 16.8 Å². The van der Waals surface area contributed by atoms with Gasteiger partial charge in [-0.1, -0.05) is 49.7 Å². The molecular weight excluding hydrogens is 506 g/mol. The van der Waals surface area contributed by atoms with E-state index >= 15 is 0 Å². The van der Waals surface area contributed by atoms with Gasteiger partial charge in [0.25, 0.3) is 0 Å². The summed E-state index contributed by atoms with van der Waals surface area (Å²) in [7, 11) is 0. The van der Waals surface area contributed by atoms with Gasteiger partial charge in [-0.25, -0.2) is 14.6 Å². The van der Waals surface area contributed by atoms with Crippen LogP contribution in [0.3, 0.4) is 0 Å². The van der Waals surface area contributed by atoms with Crippen molar-refractivity contribution in [1.82, 2.24) is 24.7 Å². The molecule has 2 aromatic carbocycles. The molecule has 200 valence electrons. The maximum absolute atomic E-state index is 6.59. The number of aromatic amines is 1. The number of fused-ring (bicyclic) bond motifs is 2. The number of halogens is 1. The number of hydrogen-bond acceptors (Lipinski definition) is 5. The Morgan fingerprint density at radius 3 is 2.46 bits per heavy atom. The molecule has 0 saturated carbocycles. The minimum Gasteiger partial charge on any atom is -0.380 e. The van der Waals surface area contributed by atoms with Crippen LogP contribution in [-0.2, 0) is 25.8 Å². The third-order valence-corrected chi connectivity index (χ3v) is 7.83. The summed E-state index contributed by atoms with van der Waals surface area (Å²) in [6.07, 6.45) is 8.39. The van der Waals surface area contributed by atoms with Gasteiger partial charge in [0.1, 0.15) is 0 Å². The molecule has 2 N–H and O–H groups in total. The summed E-state index contributed by atoms with van der Waals surface area (Å²) in [5, 5.41) is 10.5. The molecule has 0 fully saturated rings. The van der Waals surface area contributed by atoms with Gasteiger partial charge in [-0.2, -0.15) is 5.10 Å². The van der Waals surface area contributed by atoms with Gasteiger partial charge in [0.15, 0.2) is 0 Å². The zero-order valence-electron chi connectivity index (χ0n) is 22.9. The normalized spacial score (nSPS) is 13.3. The van der Waals surface area contributed by atoms with E-state index in [2.05, 4.69) is 77.9 Å². The van der Waals surface area contributed by atoms with E-state index in [-0.39, 0.29) is 0 Å². The quantitative estimate of drug-likeness (QED) is 0.233. The van der Waals surface area contributed by atoms with Gasteiger partial charge >= 0.3 is 0 Å². The monoisotopic (exact) mass is 539 g/mol. The topological polar surface area (TPSA) is 74.7 Å². The Morgan fingerprint density at radius 2 is 1.77 bits per heavy atom. The Kier molecular flexibility index (Phi) is 6.77. The van der Waals surface area contributed by atoms with E-state index < -0.39 is 0 Å². The second-order valence-corrected chi connectivity index (χ2v) is 10.8. The summed E-state index contributed by atoms with van der Waals surface area (Å²) in [6, 6.07) is 13.2. The van der Waals surface area contributed by atoms with E-state index in [4.69, 9.17) is 26.7 Å². The van der Waals surface area contributed by atoms with Crippen molar-refractivity contribution in [2.24, 2.45) is 0 Å². The van der Waals surface area contributed by atoms with Gasteiger partial charge in [0.05, 0.1) is 45.7 Å². The number of nitrogens with zero attached hydrogens (tertiary/aromatic N) is 5. The maximum Gasteiger partial charge on any atom is 0.225 e. The van der Waals surface area contributed by atoms with Crippen LogP contribution in [0.25, 0.3) is 27.8 Å². The van der Waals surface area contributed by atoms with Gasteiger partial charge in [-0.15, -0.1) is 0 Å². The number of benzene rings is 2. The highest BCUT2D eigenvalue weighted by Crippen LogP contribution is 2.40. The first-order valence-electron chi connectivity index (χ1n) is 13.8. The second-order valence-electron chi connectivity index (χ2n) is 10.4. The molecule has 0 radical (unpaired) electrons. The zero-order chi connectivity index (χ0) is 27.1. The molecule has 39 heavy (non-hydrogen) atoms. The summed E-state index contributed by atoms with van der Waals surface area (Å²) in [5.74, 6) is 0.736. The molecule has 0 saturated heterocycles. The van der Waals surface area contributed by atoms with Crippen LogP contribution < -0.4 is 10.2 Å². The fourth-order valence-corrected chi connectivity index (χ4v) is 5.91. The van der Waals surface area contributed by atoms with Crippen molar-refractivity contribution in [1.29, 1.82) is 0 Å². The van der Waals surface area contributed by atoms with E-state index in [1.165, 1.54) is 22.4 Å².